The quantitative estimate of drug-likeness (QED) is 0.942. The lowest BCUT2D eigenvalue weighted by atomic mass is 9.98. The first-order valence-corrected chi connectivity index (χ1v) is 9.12. The molecule has 4 rings (SSSR count). The summed E-state index contributed by atoms with van der Waals surface area (Å²) in [5, 5.41) is 5.96. The summed E-state index contributed by atoms with van der Waals surface area (Å²) in [7, 11) is 2.22. The van der Waals surface area contributed by atoms with Crippen molar-refractivity contribution in [3.8, 4) is 10.6 Å². The Kier molecular flexibility index (Phi) is 3.91. The molecule has 0 spiro atoms. The molecule has 2 unspecified atom stereocenters. The number of hydrogen-bond acceptors (Lipinski definition) is 4. The number of fused-ring (bicyclic) bond motifs is 2. The molecule has 3 heterocycles. The number of hydrogen-bond donors (Lipinski definition) is 1. The van der Waals surface area contributed by atoms with Crippen LogP contribution in [0.15, 0.2) is 35.7 Å². The van der Waals surface area contributed by atoms with E-state index in [1.165, 1.54) is 24.2 Å². The molecule has 2 atom stereocenters. The van der Waals surface area contributed by atoms with Gasteiger partial charge in [-0.3, -0.25) is 4.79 Å². The van der Waals surface area contributed by atoms with Crippen LogP contribution in [0.3, 0.4) is 0 Å². The highest BCUT2D eigenvalue weighted by Crippen LogP contribution is 2.34. The highest BCUT2D eigenvalue weighted by atomic mass is 32.1. The smallest absolute Gasteiger partial charge is 0.270 e. The number of benzene rings is 1. The van der Waals surface area contributed by atoms with Gasteiger partial charge in [-0.05, 0) is 32.7 Å². The Balaban J connectivity index is 1.43. The number of amides is 1. The fraction of sp³-hybridized carbons (Fsp3) is 0.444. The van der Waals surface area contributed by atoms with Crippen LogP contribution in [0.5, 0.6) is 0 Å². The van der Waals surface area contributed by atoms with Crippen molar-refractivity contribution in [2.45, 2.75) is 43.8 Å². The molecule has 0 saturated carbocycles. The monoisotopic (exact) mass is 327 g/mol. The molecule has 4 nitrogen and oxygen atoms in total. The van der Waals surface area contributed by atoms with Gasteiger partial charge in [-0.15, -0.1) is 11.3 Å². The molecule has 2 fully saturated rings. The molecule has 120 valence electrons. The maximum Gasteiger partial charge on any atom is 0.270 e. The fourth-order valence-corrected chi connectivity index (χ4v) is 4.69. The first-order valence-electron chi connectivity index (χ1n) is 8.24. The van der Waals surface area contributed by atoms with E-state index < -0.39 is 0 Å². The average molecular weight is 327 g/mol. The van der Waals surface area contributed by atoms with Crippen LogP contribution >= 0.6 is 11.3 Å². The molecule has 1 aromatic heterocycles. The van der Waals surface area contributed by atoms with E-state index >= 15 is 0 Å². The topological polar surface area (TPSA) is 45.2 Å². The summed E-state index contributed by atoms with van der Waals surface area (Å²) < 4.78 is 0. The van der Waals surface area contributed by atoms with Gasteiger partial charge in [0.25, 0.3) is 5.91 Å². The molecule has 2 aliphatic heterocycles. The second kappa shape index (κ2) is 6.06. The number of nitrogens with one attached hydrogen (secondary N) is 1. The summed E-state index contributed by atoms with van der Waals surface area (Å²) in [5.41, 5.74) is 1.61. The van der Waals surface area contributed by atoms with Gasteiger partial charge in [0, 0.05) is 29.1 Å². The number of piperidine rings is 1. The number of carbonyl (C=O) groups excluding carboxylic acids is 1. The average Bonchev–Trinajstić information content (AvgIpc) is 3.12. The highest BCUT2D eigenvalue weighted by Gasteiger charge is 2.38. The van der Waals surface area contributed by atoms with Gasteiger partial charge in [0.1, 0.15) is 10.7 Å². The van der Waals surface area contributed by atoms with Crippen molar-refractivity contribution >= 4 is 17.2 Å². The molecule has 1 N–H and O–H groups in total. The predicted molar refractivity (Wildman–Crippen MR) is 92.6 cm³/mol. The molecule has 2 aliphatic rings. The van der Waals surface area contributed by atoms with Crippen molar-refractivity contribution in [3.63, 3.8) is 0 Å². The van der Waals surface area contributed by atoms with E-state index in [2.05, 4.69) is 22.2 Å². The van der Waals surface area contributed by atoms with E-state index in [0.717, 1.165) is 23.4 Å². The van der Waals surface area contributed by atoms with E-state index in [9.17, 15) is 4.79 Å². The van der Waals surface area contributed by atoms with Crippen LogP contribution in [0.1, 0.15) is 36.2 Å². The van der Waals surface area contributed by atoms with E-state index in [-0.39, 0.29) is 11.9 Å². The third kappa shape index (κ3) is 2.91. The van der Waals surface area contributed by atoms with Gasteiger partial charge in [-0.2, -0.15) is 0 Å². The molecule has 0 aliphatic carbocycles. The Morgan fingerprint density at radius 1 is 1.22 bits per heavy atom. The van der Waals surface area contributed by atoms with E-state index in [1.807, 2.05) is 35.7 Å². The van der Waals surface area contributed by atoms with Crippen molar-refractivity contribution in [1.29, 1.82) is 0 Å². The van der Waals surface area contributed by atoms with Crippen molar-refractivity contribution < 1.29 is 4.79 Å². The van der Waals surface area contributed by atoms with Crippen LogP contribution in [0.2, 0.25) is 0 Å². The van der Waals surface area contributed by atoms with E-state index in [1.54, 1.807) is 0 Å². The molecule has 2 saturated heterocycles. The molecular formula is C18H21N3OS. The summed E-state index contributed by atoms with van der Waals surface area (Å²) in [6, 6.07) is 11.6. The fourth-order valence-electron chi connectivity index (χ4n) is 3.88. The number of rotatable bonds is 3. The Hall–Kier alpha value is -1.72. The van der Waals surface area contributed by atoms with Crippen molar-refractivity contribution in [2.24, 2.45) is 0 Å². The number of thiazole rings is 1. The molecule has 1 aromatic carbocycles. The molecule has 1 amide bonds. The number of nitrogens with zero attached hydrogens (tertiary/aromatic N) is 2. The third-order valence-corrected chi connectivity index (χ3v) is 6.08. The highest BCUT2D eigenvalue weighted by molar-refractivity contribution is 7.13. The molecule has 5 heteroatoms. The van der Waals surface area contributed by atoms with Gasteiger partial charge in [-0.1, -0.05) is 30.3 Å². The van der Waals surface area contributed by atoms with Gasteiger partial charge < -0.3 is 10.2 Å². The molecule has 23 heavy (non-hydrogen) atoms. The van der Waals surface area contributed by atoms with Crippen LogP contribution in [-0.2, 0) is 0 Å². The largest absolute Gasteiger partial charge is 0.348 e. The lowest BCUT2D eigenvalue weighted by Crippen LogP contribution is -2.48. The molecule has 2 bridgehead atoms. The minimum atomic E-state index is -0.0302. The minimum absolute atomic E-state index is 0.0302. The van der Waals surface area contributed by atoms with Gasteiger partial charge in [-0.25, -0.2) is 4.98 Å². The third-order valence-electron chi connectivity index (χ3n) is 5.19. The number of carbonyl (C=O) groups is 1. The Labute approximate surface area is 140 Å². The van der Waals surface area contributed by atoms with E-state index in [0.29, 0.717) is 17.8 Å². The maximum absolute atomic E-state index is 12.5. The first kappa shape index (κ1) is 14.8. The summed E-state index contributed by atoms with van der Waals surface area (Å²) in [4.78, 5) is 19.5. The first-order chi connectivity index (χ1) is 11.2. The van der Waals surface area contributed by atoms with Gasteiger partial charge in [0.2, 0.25) is 0 Å². The van der Waals surface area contributed by atoms with Crippen LogP contribution in [0, 0.1) is 0 Å². The Morgan fingerprint density at radius 2 is 1.91 bits per heavy atom. The standard InChI is InChI=1S/C18H21N3OS/c1-21-14-7-8-15(21)10-13(9-14)19-17(22)16-11-23-18(20-16)12-5-3-2-4-6-12/h2-6,11,13-15H,7-10H2,1H3,(H,19,22). The number of aromatic nitrogens is 1. The molecule has 2 aromatic rings. The zero-order chi connectivity index (χ0) is 15.8. The van der Waals surface area contributed by atoms with Gasteiger partial charge in [0.15, 0.2) is 0 Å². The van der Waals surface area contributed by atoms with Crippen molar-refractivity contribution in [3.05, 3.63) is 41.4 Å². The van der Waals surface area contributed by atoms with Crippen LogP contribution in [0.25, 0.3) is 10.6 Å². The lowest BCUT2D eigenvalue weighted by Gasteiger charge is -2.36. The van der Waals surface area contributed by atoms with Crippen molar-refractivity contribution in [2.75, 3.05) is 7.05 Å². The Bertz CT molecular complexity index is 685. The van der Waals surface area contributed by atoms with Gasteiger partial charge in [0.05, 0.1) is 0 Å². The zero-order valence-electron chi connectivity index (χ0n) is 13.2. The zero-order valence-corrected chi connectivity index (χ0v) is 14.1. The summed E-state index contributed by atoms with van der Waals surface area (Å²) in [6.45, 7) is 0. The minimum Gasteiger partial charge on any atom is -0.348 e. The van der Waals surface area contributed by atoms with Gasteiger partial charge >= 0.3 is 0 Å². The van der Waals surface area contributed by atoms with Crippen molar-refractivity contribution in [1.82, 2.24) is 15.2 Å². The SMILES string of the molecule is CN1C2CCC1CC(NC(=O)c1csc(-c3ccccc3)n1)C2. The molecule has 0 radical (unpaired) electrons. The van der Waals surface area contributed by atoms with Crippen LogP contribution in [0.4, 0.5) is 0 Å². The van der Waals surface area contributed by atoms with Crippen LogP contribution in [-0.4, -0.2) is 41.0 Å². The second-order valence-electron chi connectivity index (χ2n) is 6.60. The Morgan fingerprint density at radius 3 is 2.61 bits per heavy atom. The normalized spacial score (nSPS) is 27.1. The van der Waals surface area contributed by atoms with Crippen LogP contribution < -0.4 is 5.32 Å². The summed E-state index contributed by atoms with van der Waals surface area (Å²) in [6.07, 6.45) is 4.66. The summed E-state index contributed by atoms with van der Waals surface area (Å²) in [5.74, 6) is -0.0302. The summed E-state index contributed by atoms with van der Waals surface area (Å²) >= 11 is 1.53. The maximum atomic E-state index is 12.5. The second-order valence-corrected chi connectivity index (χ2v) is 7.45. The lowest BCUT2D eigenvalue weighted by molar-refractivity contribution is 0.0878. The molecular weight excluding hydrogens is 306 g/mol. The predicted octanol–water partition coefficient (Wildman–Crippen LogP) is 3.17. The van der Waals surface area contributed by atoms with E-state index in [4.69, 9.17) is 0 Å².